The third-order valence-electron chi connectivity index (χ3n) is 5.84. The van der Waals surface area contributed by atoms with E-state index in [0.29, 0.717) is 0 Å². The number of aliphatic hydroxyl groups is 1. The van der Waals surface area contributed by atoms with Crippen LogP contribution in [0.4, 0.5) is 0 Å². The molecule has 2 aliphatic carbocycles. The summed E-state index contributed by atoms with van der Waals surface area (Å²) in [5.41, 5.74) is 1.98. The molecule has 4 rings (SSSR count). The van der Waals surface area contributed by atoms with Crippen molar-refractivity contribution in [1.82, 2.24) is 0 Å². The number of halogens is 2. The Labute approximate surface area is 209 Å². The van der Waals surface area contributed by atoms with Crippen LogP contribution in [0.15, 0.2) is 118 Å². The van der Waals surface area contributed by atoms with Crippen molar-refractivity contribution in [3.05, 3.63) is 129 Å². The Hall–Kier alpha value is -1.94. The molecule has 0 aromatic heterocycles. The maximum atomic E-state index is 12.4. The highest BCUT2D eigenvalue weighted by Crippen LogP contribution is 2.46. The van der Waals surface area contributed by atoms with Crippen molar-refractivity contribution in [2.45, 2.75) is 38.2 Å². The molecule has 0 amide bonds. The summed E-state index contributed by atoms with van der Waals surface area (Å²) < 4.78 is 2.07. The first kappa shape index (κ1) is 24.7. The second-order valence-electron chi connectivity index (χ2n) is 7.73. The normalized spacial score (nSPS) is 21.9. The van der Waals surface area contributed by atoms with E-state index in [1.807, 2.05) is 62.4 Å². The van der Waals surface area contributed by atoms with Crippen molar-refractivity contribution in [3.8, 4) is 0 Å². The summed E-state index contributed by atoms with van der Waals surface area (Å²) in [5.74, 6) is 0.102. The van der Waals surface area contributed by atoms with E-state index < -0.39 is 5.60 Å². The van der Waals surface area contributed by atoms with E-state index in [2.05, 4.69) is 86.5 Å². The van der Waals surface area contributed by atoms with Gasteiger partial charge < -0.3 is 5.11 Å². The number of allylic oxidation sites excluding steroid dienone is 7. The molecule has 0 aliphatic heterocycles. The molecule has 2 aliphatic rings. The molecular formula is C29H30Br2O. The van der Waals surface area contributed by atoms with Crippen molar-refractivity contribution in [1.29, 1.82) is 0 Å². The minimum absolute atomic E-state index is 0.105. The largest absolute Gasteiger partial charge is 0.380 e. The first-order valence-corrected chi connectivity index (χ1v) is 12.8. The van der Waals surface area contributed by atoms with Crippen LogP contribution in [0.3, 0.4) is 0 Å². The van der Waals surface area contributed by atoms with Gasteiger partial charge in [0.1, 0.15) is 5.60 Å². The smallest absolute Gasteiger partial charge is 0.121 e. The summed E-state index contributed by atoms with van der Waals surface area (Å²) in [7, 11) is 0. The van der Waals surface area contributed by atoms with Crippen LogP contribution in [-0.4, -0.2) is 5.11 Å². The minimum Gasteiger partial charge on any atom is -0.380 e. The quantitative estimate of drug-likeness (QED) is 0.401. The lowest BCUT2D eigenvalue weighted by Crippen LogP contribution is -2.36. The predicted molar refractivity (Wildman–Crippen MR) is 144 cm³/mol. The highest BCUT2D eigenvalue weighted by Gasteiger charge is 2.41. The van der Waals surface area contributed by atoms with Gasteiger partial charge in [-0.15, -0.1) is 0 Å². The van der Waals surface area contributed by atoms with E-state index in [4.69, 9.17) is 0 Å². The summed E-state index contributed by atoms with van der Waals surface area (Å²) in [6.45, 7) is 4.00. The number of hydrogen-bond donors (Lipinski definition) is 1. The van der Waals surface area contributed by atoms with Gasteiger partial charge in [0, 0.05) is 20.8 Å². The molecule has 0 heterocycles. The summed E-state index contributed by atoms with van der Waals surface area (Å²) >= 11 is 7.23. The van der Waals surface area contributed by atoms with Gasteiger partial charge in [0.05, 0.1) is 0 Å². The highest BCUT2D eigenvalue weighted by atomic mass is 79.9. The zero-order chi connectivity index (χ0) is 23.0. The number of rotatable bonds is 4. The van der Waals surface area contributed by atoms with Crippen molar-refractivity contribution in [3.63, 3.8) is 0 Å². The zero-order valence-corrected chi connectivity index (χ0v) is 21.8. The van der Waals surface area contributed by atoms with E-state index in [9.17, 15) is 5.11 Å². The summed E-state index contributed by atoms with van der Waals surface area (Å²) in [6, 6.07) is 18.5. The van der Waals surface area contributed by atoms with Crippen LogP contribution < -0.4 is 0 Å². The zero-order valence-electron chi connectivity index (χ0n) is 18.6. The molecule has 3 unspecified atom stereocenters. The second-order valence-corrected chi connectivity index (χ2v) is 9.56. The molecule has 0 saturated carbocycles. The molecule has 0 radical (unpaired) electrons. The minimum atomic E-state index is -1.12. The molecule has 0 saturated heterocycles. The molecule has 2 aromatic rings. The van der Waals surface area contributed by atoms with Gasteiger partial charge in [0.2, 0.25) is 0 Å². The van der Waals surface area contributed by atoms with E-state index in [1.54, 1.807) is 0 Å². The van der Waals surface area contributed by atoms with Crippen molar-refractivity contribution in [2.75, 3.05) is 0 Å². The first-order valence-electron chi connectivity index (χ1n) is 11.2. The first-order chi connectivity index (χ1) is 15.6. The molecule has 0 spiro atoms. The van der Waals surface area contributed by atoms with E-state index in [0.717, 1.165) is 32.9 Å². The molecule has 0 fully saturated rings. The maximum Gasteiger partial charge on any atom is 0.121 e. The lowest BCUT2D eigenvalue weighted by Gasteiger charge is -2.38. The third kappa shape index (κ3) is 5.70. The summed E-state index contributed by atoms with van der Waals surface area (Å²) in [6.07, 6.45) is 18.5. The van der Waals surface area contributed by atoms with Crippen LogP contribution in [0.25, 0.3) is 0 Å². The van der Waals surface area contributed by atoms with Crippen LogP contribution in [-0.2, 0) is 5.60 Å². The molecule has 32 heavy (non-hydrogen) atoms. The van der Waals surface area contributed by atoms with Gasteiger partial charge in [0.15, 0.2) is 0 Å². The Morgan fingerprint density at radius 3 is 2.34 bits per heavy atom. The molecule has 0 bridgehead atoms. The molecule has 166 valence electrons. The van der Waals surface area contributed by atoms with Crippen LogP contribution in [0.2, 0.25) is 0 Å². The van der Waals surface area contributed by atoms with Gasteiger partial charge >= 0.3 is 0 Å². The Bertz CT molecular complexity index is 1030. The monoisotopic (exact) mass is 552 g/mol. The SMILES string of the molecule is CC.OC(C1=CCC=CC=C1)(c1ccccc1)C1C=C(Br)C=CC(c2ccc(Br)cc2)C1. The van der Waals surface area contributed by atoms with Gasteiger partial charge in [-0.1, -0.05) is 137 Å². The van der Waals surface area contributed by atoms with Gasteiger partial charge in [0.25, 0.3) is 0 Å². The lowest BCUT2D eigenvalue weighted by molar-refractivity contribution is 0.0306. The van der Waals surface area contributed by atoms with Crippen LogP contribution in [0.5, 0.6) is 0 Å². The average Bonchev–Trinajstić information content (AvgIpc) is 3.23. The topological polar surface area (TPSA) is 20.2 Å². The van der Waals surface area contributed by atoms with Gasteiger partial charge in [-0.25, -0.2) is 0 Å². The lowest BCUT2D eigenvalue weighted by atomic mass is 9.71. The Morgan fingerprint density at radius 1 is 0.906 bits per heavy atom. The van der Waals surface area contributed by atoms with Crippen molar-refractivity contribution < 1.29 is 5.11 Å². The van der Waals surface area contributed by atoms with Gasteiger partial charge in [-0.3, -0.25) is 0 Å². The standard InChI is InChI=1S/C27H24Br2O.C2H6/c28-25-15-12-20(13-16-25)21-14-17-26(29)19-24(18-21)27(30,23-10-6-3-7-11-23)22-8-4-1-2-5-9-22;1-2/h1-4,6-17,19,21,24,30H,5,18H2;1-2H3. The Kier molecular flexibility index (Phi) is 9.10. The molecule has 3 atom stereocenters. The molecule has 1 N–H and O–H groups in total. The molecule has 3 heteroatoms. The molecular weight excluding hydrogens is 524 g/mol. The fraction of sp³-hybridized carbons (Fsp3) is 0.241. The maximum absolute atomic E-state index is 12.4. The van der Waals surface area contributed by atoms with Crippen LogP contribution in [0, 0.1) is 5.92 Å². The van der Waals surface area contributed by atoms with Gasteiger partial charge in [-0.05, 0) is 41.7 Å². The summed E-state index contributed by atoms with van der Waals surface area (Å²) in [4.78, 5) is 0. The highest BCUT2D eigenvalue weighted by molar-refractivity contribution is 9.12. The number of hydrogen-bond acceptors (Lipinski definition) is 1. The van der Waals surface area contributed by atoms with E-state index in [1.165, 1.54) is 5.56 Å². The summed E-state index contributed by atoms with van der Waals surface area (Å²) in [5, 5.41) is 12.4. The average molecular weight is 554 g/mol. The van der Waals surface area contributed by atoms with E-state index >= 15 is 0 Å². The van der Waals surface area contributed by atoms with Crippen LogP contribution in [0.1, 0.15) is 43.7 Å². The van der Waals surface area contributed by atoms with Crippen molar-refractivity contribution >= 4 is 31.9 Å². The molecule has 2 aromatic carbocycles. The number of benzene rings is 2. The Morgan fingerprint density at radius 2 is 1.62 bits per heavy atom. The fourth-order valence-corrected chi connectivity index (χ4v) is 5.01. The van der Waals surface area contributed by atoms with Gasteiger partial charge in [-0.2, -0.15) is 0 Å². The molecule has 1 nitrogen and oxygen atoms in total. The van der Waals surface area contributed by atoms with Crippen molar-refractivity contribution in [2.24, 2.45) is 5.92 Å². The van der Waals surface area contributed by atoms with E-state index in [-0.39, 0.29) is 11.8 Å². The predicted octanol–water partition coefficient (Wildman–Crippen LogP) is 8.74. The van der Waals surface area contributed by atoms with Crippen LogP contribution >= 0.6 is 31.9 Å². The fourth-order valence-electron chi connectivity index (χ4n) is 4.27. The second kappa shape index (κ2) is 11.8. The Balaban J connectivity index is 0.00000141. The third-order valence-corrected chi connectivity index (χ3v) is 6.90.